The zero-order chi connectivity index (χ0) is 13.1. The second kappa shape index (κ2) is 5.35. The van der Waals surface area contributed by atoms with Gasteiger partial charge in [0.25, 0.3) is 5.91 Å². The van der Waals surface area contributed by atoms with Crippen molar-refractivity contribution in [2.24, 2.45) is 0 Å². The molecule has 1 fully saturated rings. The number of rotatable bonds is 2. The summed E-state index contributed by atoms with van der Waals surface area (Å²) < 4.78 is 0. The quantitative estimate of drug-likeness (QED) is 0.832. The Morgan fingerprint density at radius 1 is 1.50 bits per heavy atom. The zero-order valence-corrected chi connectivity index (χ0v) is 11.2. The average molecular weight is 248 g/mol. The Balaban J connectivity index is 2.13. The second-order valence-electron chi connectivity index (χ2n) is 4.85. The molecule has 1 saturated heterocycles. The van der Waals surface area contributed by atoms with Crippen LogP contribution in [0.1, 0.15) is 17.3 Å². The van der Waals surface area contributed by atoms with Crippen LogP contribution in [0.15, 0.2) is 18.3 Å². The van der Waals surface area contributed by atoms with Crippen LogP contribution < -0.4 is 10.2 Å². The molecule has 1 amide bonds. The normalized spacial score (nSPS) is 19.7. The molecule has 0 radical (unpaired) electrons. The summed E-state index contributed by atoms with van der Waals surface area (Å²) in [6.07, 6.45) is 1.66. The minimum Gasteiger partial charge on any atom is -0.363 e. The maximum atomic E-state index is 12.3. The van der Waals surface area contributed by atoms with Crippen molar-refractivity contribution in [3.63, 3.8) is 0 Å². The zero-order valence-electron chi connectivity index (χ0n) is 11.2. The molecule has 0 aliphatic carbocycles. The first-order valence-electron chi connectivity index (χ1n) is 6.24. The highest BCUT2D eigenvalue weighted by molar-refractivity contribution is 5.94. The molecule has 1 aromatic rings. The molecule has 1 N–H and O–H groups in total. The minimum atomic E-state index is 0.0711. The fraction of sp³-hybridized carbons (Fsp3) is 0.538. The van der Waals surface area contributed by atoms with Gasteiger partial charge in [-0.05, 0) is 19.1 Å². The number of pyridine rings is 1. The Labute approximate surface area is 108 Å². The Hall–Kier alpha value is -1.62. The van der Waals surface area contributed by atoms with E-state index in [2.05, 4.69) is 17.2 Å². The maximum absolute atomic E-state index is 12.3. The summed E-state index contributed by atoms with van der Waals surface area (Å²) in [5, 5.41) is 3.28. The van der Waals surface area contributed by atoms with E-state index < -0.39 is 0 Å². The highest BCUT2D eigenvalue weighted by Gasteiger charge is 2.24. The van der Waals surface area contributed by atoms with Gasteiger partial charge in [0.1, 0.15) is 5.82 Å². The van der Waals surface area contributed by atoms with Crippen molar-refractivity contribution in [1.29, 1.82) is 0 Å². The van der Waals surface area contributed by atoms with Gasteiger partial charge < -0.3 is 15.1 Å². The van der Waals surface area contributed by atoms with Crippen molar-refractivity contribution in [3.05, 3.63) is 23.9 Å². The highest BCUT2D eigenvalue weighted by atomic mass is 16.2. The van der Waals surface area contributed by atoms with E-state index in [4.69, 9.17) is 0 Å². The van der Waals surface area contributed by atoms with Gasteiger partial charge in [-0.1, -0.05) is 0 Å². The first-order chi connectivity index (χ1) is 8.59. The number of hydrogen-bond acceptors (Lipinski definition) is 4. The van der Waals surface area contributed by atoms with Gasteiger partial charge in [0, 0.05) is 46.0 Å². The van der Waals surface area contributed by atoms with Crippen LogP contribution in [0.3, 0.4) is 0 Å². The molecule has 2 rings (SSSR count). The third kappa shape index (κ3) is 2.61. The fourth-order valence-corrected chi connectivity index (χ4v) is 2.09. The van der Waals surface area contributed by atoms with Crippen molar-refractivity contribution >= 4 is 11.7 Å². The van der Waals surface area contributed by atoms with E-state index in [1.807, 2.05) is 36.0 Å². The number of nitrogens with one attached hydrogen (secondary N) is 1. The van der Waals surface area contributed by atoms with Gasteiger partial charge in [0.05, 0.1) is 5.56 Å². The van der Waals surface area contributed by atoms with Crippen molar-refractivity contribution in [2.75, 3.05) is 38.6 Å². The molecule has 1 unspecified atom stereocenters. The fourth-order valence-electron chi connectivity index (χ4n) is 2.09. The molecule has 1 atom stereocenters. The van der Waals surface area contributed by atoms with Crippen LogP contribution in [-0.4, -0.2) is 55.6 Å². The summed E-state index contributed by atoms with van der Waals surface area (Å²) in [5.41, 5.74) is 0.661. The number of carbonyl (C=O) groups is 1. The Morgan fingerprint density at radius 2 is 2.28 bits per heavy atom. The van der Waals surface area contributed by atoms with Gasteiger partial charge >= 0.3 is 0 Å². The van der Waals surface area contributed by atoms with Crippen LogP contribution in [-0.2, 0) is 0 Å². The first-order valence-corrected chi connectivity index (χ1v) is 6.24. The monoisotopic (exact) mass is 248 g/mol. The first kappa shape index (κ1) is 12.8. The molecule has 5 heteroatoms. The Bertz CT molecular complexity index is 416. The highest BCUT2D eigenvalue weighted by Crippen LogP contribution is 2.12. The summed E-state index contributed by atoms with van der Waals surface area (Å²) in [6.45, 7) is 4.54. The Kier molecular flexibility index (Phi) is 3.81. The number of piperazine rings is 1. The van der Waals surface area contributed by atoms with Gasteiger partial charge in [-0.2, -0.15) is 0 Å². The van der Waals surface area contributed by atoms with E-state index in [0.717, 1.165) is 25.5 Å². The SMILES string of the molecule is CC1CNCCN1C(=O)c1ccc(N(C)C)nc1. The summed E-state index contributed by atoms with van der Waals surface area (Å²) in [5.74, 6) is 0.932. The van der Waals surface area contributed by atoms with E-state index in [1.54, 1.807) is 6.20 Å². The molecule has 98 valence electrons. The van der Waals surface area contributed by atoms with Crippen molar-refractivity contribution in [3.8, 4) is 0 Å². The van der Waals surface area contributed by atoms with Gasteiger partial charge in [-0.15, -0.1) is 0 Å². The molecule has 0 spiro atoms. The van der Waals surface area contributed by atoms with E-state index in [1.165, 1.54) is 0 Å². The molecule has 5 nitrogen and oxygen atoms in total. The van der Waals surface area contributed by atoms with E-state index >= 15 is 0 Å². The predicted octanol–water partition coefficient (Wildman–Crippen LogP) is 0.581. The second-order valence-corrected chi connectivity index (χ2v) is 4.85. The lowest BCUT2D eigenvalue weighted by molar-refractivity contribution is 0.0655. The smallest absolute Gasteiger partial charge is 0.255 e. The number of carbonyl (C=O) groups excluding carboxylic acids is 1. The van der Waals surface area contributed by atoms with Crippen LogP contribution in [0.5, 0.6) is 0 Å². The van der Waals surface area contributed by atoms with E-state index in [-0.39, 0.29) is 11.9 Å². The average Bonchev–Trinajstić information content (AvgIpc) is 2.38. The van der Waals surface area contributed by atoms with Crippen LogP contribution in [0.25, 0.3) is 0 Å². The number of anilines is 1. The standard InChI is InChI=1S/C13H20N4O/c1-10-8-14-6-7-17(10)13(18)11-4-5-12(15-9-11)16(2)3/h4-5,9-10,14H,6-8H2,1-3H3. The molecule has 1 aromatic heterocycles. The number of amides is 1. The minimum absolute atomic E-state index is 0.0711. The molecular formula is C13H20N4O. The molecular weight excluding hydrogens is 228 g/mol. The number of hydrogen-bond donors (Lipinski definition) is 1. The van der Waals surface area contributed by atoms with Gasteiger partial charge in [0.2, 0.25) is 0 Å². The molecule has 2 heterocycles. The third-order valence-electron chi connectivity index (χ3n) is 3.22. The molecule has 0 bridgehead atoms. The van der Waals surface area contributed by atoms with Gasteiger partial charge in [0.15, 0.2) is 0 Å². The van der Waals surface area contributed by atoms with Crippen molar-refractivity contribution < 1.29 is 4.79 Å². The molecule has 0 aromatic carbocycles. The number of nitrogens with zero attached hydrogens (tertiary/aromatic N) is 3. The summed E-state index contributed by atoms with van der Waals surface area (Å²) in [7, 11) is 3.87. The van der Waals surface area contributed by atoms with Crippen LogP contribution in [0.4, 0.5) is 5.82 Å². The molecule has 0 saturated carbocycles. The lowest BCUT2D eigenvalue weighted by Gasteiger charge is -2.34. The van der Waals surface area contributed by atoms with Crippen molar-refractivity contribution in [2.45, 2.75) is 13.0 Å². The topological polar surface area (TPSA) is 48.5 Å². The third-order valence-corrected chi connectivity index (χ3v) is 3.22. The van der Waals surface area contributed by atoms with Gasteiger partial charge in [-0.25, -0.2) is 4.98 Å². The molecule has 18 heavy (non-hydrogen) atoms. The summed E-state index contributed by atoms with van der Waals surface area (Å²) >= 11 is 0. The Morgan fingerprint density at radius 3 is 2.83 bits per heavy atom. The summed E-state index contributed by atoms with van der Waals surface area (Å²) in [6, 6.07) is 3.96. The predicted molar refractivity (Wildman–Crippen MR) is 71.9 cm³/mol. The lowest BCUT2D eigenvalue weighted by atomic mass is 10.1. The van der Waals surface area contributed by atoms with Crippen LogP contribution in [0, 0.1) is 0 Å². The van der Waals surface area contributed by atoms with Crippen molar-refractivity contribution in [1.82, 2.24) is 15.2 Å². The molecule has 1 aliphatic rings. The lowest BCUT2D eigenvalue weighted by Crippen LogP contribution is -2.52. The van der Waals surface area contributed by atoms with E-state index in [9.17, 15) is 4.79 Å². The maximum Gasteiger partial charge on any atom is 0.255 e. The number of aromatic nitrogens is 1. The largest absolute Gasteiger partial charge is 0.363 e. The van der Waals surface area contributed by atoms with Crippen LogP contribution >= 0.6 is 0 Å². The van der Waals surface area contributed by atoms with Gasteiger partial charge in [-0.3, -0.25) is 4.79 Å². The molecule has 1 aliphatic heterocycles. The van der Waals surface area contributed by atoms with Crippen LogP contribution in [0.2, 0.25) is 0 Å². The summed E-state index contributed by atoms with van der Waals surface area (Å²) in [4.78, 5) is 20.4. The van der Waals surface area contributed by atoms with E-state index in [0.29, 0.717) is 5.56 Å².